The summed E-state index contributed by atoms with van der Waals surface area (Å²) in [4.78, 5) is 15.3. The summed E-state index contributed by atoms with van der Waals surface area (Å²) in [5.74, 6) is -0.479. The average Bonchev–Trinajstić information content (AvgIpc) is 2.82. The second-order valence-electron chi connectivity index (χ2n) is 3.33. The number of hydrogen-bond acceptors (Lipinski definition) is 2. The number of carbonyl (C=O) groups is 1. The Morgan fingerprint density at radius 3 is 3.13 bits per heavy atom. The van der Waals surface area contributed by atoms with E-state index >= 15 is 0 Å². The molecule has 1 aliphatic carbocycles. The summed E-state index contributed by atoms with van der Waals surface area (Å²) < 4.78 is 1.75. The van der Waals surface area contributed by atoms with Gasteiger partial charge < -0.3 is 5.73 Å². The van der Waals surface area contributed by atoms with Gasteiger partial charge in [0, 0.05) is 18.0 Å². The normalized spacial score (nSPS) is 11.2. The molecule has 5 heteroatoms. The second kappa shape index (κ2) is 2.60. The van der Waals surface area contributed by atoms with Crippen molar-refractivity contribution in [1.29, 1.82) is 0 Å². The molecule has 0 bridgehead atoms. The largest absolute Gasteiger partial charge is 0.365 e. The third-order valence-electron chi connectivity index (χ3n) is 2.45. The highest BCUT2D eigenvalue weighted by Gasteiger charge is 2.14. The van der Waals surface area contributed by atoms with Crippen LogP contribution in [0.5, 0.6) is 0 Å². The van der Waals surface area contributed by atoms with Gasteiger partial charge in [0.25, 0.3) is 5.91 Å². The number of primary amides is 1. The zero-order chi connectivity index (χ0) is 10.4. The quantitative estimate of drug-likeness (QED) is 0.611. The average molecular weight is 200 g/mol. The monoisotopic (exact) mass is 200 g/mol. The predicted molar refractivity (Wildman–Crippen MR) is 54.7 cm³/mol. The summed E-state index contributed by atoms with van der Waals surface area (Å²) in [7, 11) is 0. The molecule has 1 aromatic rings. The van der Waals surface area contributed by atoms with Gasteiger partial charge in [-0.25, -0.2) is 9.50 Å². The first-order chi connectivity index (χ1) is 7.27. The van der Waals surface area contributed by atoms with E-state index in [1.54, 1.807) is 16.9 Å². The summed E-state index contributed by atoms with van der Waals surface area (Å²) in [6, 6.07) is 5.84. The van der Waals surface area contributed by atoms with Gasteiger partial charge in [0.2, 0.25) is 0 Å². The fraction of sp³-hybridized carbons (Fsp3) is 0. The lowest BCUT2D eigenvalue weighted by molar-refractivity contribution is 0.100. The summed E-state index contributed by atoms with van der Waals surface area (Å²) in [6.07, 6.45) is 3.29. The van der Waals surface area contributed by atoms with Crippen LogP contribution in [0, 0.1) is 0 Å². The Morgan fingerprint density at radius 2 is 2.33 bits per heavy atom. The molecule has 1 aliphatic heterocycles. The maximum atomic E-state index is 11.1. The third kappa shape index (κ3) is 0.969. The number of nitrogens with one attached hydrogen (secondary N) is 1. The molecule has 5 nitrogen and oxygen atoms in total. The van der Waals surface area contributed by atoms with E-state index in [-0.39, 0.29) is 0 Å². The van der Waals surface area contributed by atoms with Gasteiger partial charge in [-0.2, -0.15) is 0 Å². The van der Waals surface area contributed by atoms with Crippen molar-refractivity contribution in [3.05, 3.63) is 36.2 Å². The van der Waals surface area contributed by atoms with Gasteiger partial charge in [0.1, 0.15) is 5.56 Å². The number of carbonyl (C=O) groups excluding carboxylic acids is 1. The minimum atomic E-state index is -0.479. The molecule has 2 heterocycles. The fourth-order valence-electron chi connectivity index (χ4n) is 1.74. The number of H-pyrrole nitrogens is 1. The van der Waals surface area contributed by atoms with Gasteiger partial charge in [-0.3, -0.25) is 9.89 Å². The Hall–Kier alpha value is -2.30. The highest BCUT2D eigenvalue weighted by atomic mass is 16.1. The smallest absolute Gasteiger partial charge is 0.254 e. The number of fused-ring (bicyclic) bond motifs is 3. The van der Waals surface area contributed by atoms with E-state index in [0.717, 1.165) is 11.3 Å². The van der Waals surface area contributed by atoms with Crippen molar-refractivity contribution in [2.75, 3.05) is 0 Å². The molecule has 0 unspecified atom stereocenters. The van der Waals surface area contributed by atoms with Crippen molar-refractivity contribution < 1.29 is 4.79 Å². The zero-order valence-corrected chi connectivity index (χ0v) is 7.77. The molecule has 2 aliphatic rings. The molecule has 0 atom stereocenters. The molecule has 0 fully saturated rings. The molecule has 3 rings (SSSR count). The SMILES string of the molecule is NC(=O)c1c[nH]n2c3cccc-3cnc12. The van der Waals surface area contributed by atoms with Gasteiger partial charge >= 0.3 is 0 Å². The lowest BCUT2D eigenvalue weighted by Crippen LogP contribution is -2.11. The van der Waals surface area contributed by atoms with Crippen LogP contribution in [0.2, 0.25) is 0 Å². The van der Waals surface area contributed by atoms with Gasteiger partial charge in [-0.1, -0.05) is 12.1 Å². The van der Waals surface area contributed by atoms with Crippen molar-refractivity contribution in [2.45, 2.75) is 0 Å². The first-order valence-corrected chi connectivity index (χ1v) is 4.51. The van der Waals surface area contributed by atoms with Gasteiger partial charge in [-0.15, -0.1) is 0 Å². The molecule has 0 spiro atoms. The molecular weight excluding hydrogens is 192 g/mol. The van der Waals surface area contributed by atoms with Crippen molar-refractivity contribution in [1.82, 2.24) is 14.6 Å². The fourth-order valence-corrected chi connectivity index (χ4v) is 1.74. The molecule has 0 saturated heterocycles. The van der Waals surface area contributed by atoms with E-state index in [1.165, 1.54) is 0 Å². The molecular formula is C10H8N4O. The summed E-state index contributed by atoms with van der Waals surface area (Å²) in [5, 5.41) is 2.95. The van der Waals surface area contributed by atoms with Gasteiger partial charge in [-0.05, 0) is 6.07 Å². The van der Waals surface area contributed by atoms with Crippen LogP contribution in [0.3, 0.4) is 0 Å². The Bertz CT molecular complexity index is 622. The topological polar surface area (TPSA) is 76.2 Å². The van der Waals surface area contributed by atoms with E-state index < -0.39 is 5.91 Å². The molecule has 74 valence electrons. The van der Waals surface area contributed by atoms with Crippen LogP contribution in [0.4, 0.5) is 0 Å². The van der Waals surface area contributed by atoms with E-state index in [9.17, 15) is 4.79 Å². The molecule has 0 aromatic carbocycles. The van der Waals surface area contributed by atoms with Crippen LogP contribution < -0.4 is 5.73 Å². The van der Waals surface area contributed by atoms with Crippen LogP contribution in [-0.4, -0.2) is 20.5 Å². The lowest BCUT2D eigenvalue weighted by atomic mass is 10.2. The molecule has 0 saturated carbocycles. The highest BCUT2D eigenvalue weighted by Crippen LogP contribution is 2.23. The Kier molecular flexibility index (Phi) is 1.39. The van der Waals surface area contributed by atoms with Crippen LogP contribution in [-0.2, 0) is 0 Å². The van der Waals surface area contributed by atoms with Gasteiger partial charge in [0.15, 0.2) is 5.65 Å². The Labute approximate surface area is 84.8 Å². The van der Waals surface area contributed by atoms with Gasteiger partial charge in [0.05, 0.1) is 5.69 Å². The van der Waals surface area contributed by atoms with E-state index in [2.05, 4.69) is 10.1 Å². The first-order valence-electron chi connectivity index (χ1n) is 4.51. The summed E-state index contributed by atoms with van der Waals surface area (Å²) >= 11 is 0. The van der Waals surface area contributed by atoms with Crippen LogP contribution in [0.25, 0.3) is 16.9 Å². The first kappa shape index (κ1) is 8.05. The molecule has 15 heavy (non-hydrogen) atoms. The number of hydrogen-bond donors (Lipinski definition) is 2. The van der Waals surface area contributed by atoms with E-state index in [0.29, 0.717) is 11.2 Å². The van der Waals surface area contributed by atoms with Crippen LogP contribution in [0.1, 0.15) is 10.4 Å². The molecule has 3 N–H and O–H groups in total. The van der Waals surface area contributed by atoms with E-state index in [4.69, 9.17) is 5.73 Å². The van der Waals surface area contributed by atoms with Crippen LogP contribution >= 0.6 is 0 Å². The number of amides is 1. The lowest BCUT2D eigenvalue weighted by Gasteiger charge is -2.02. The number of nitrogens with zero attached hydrogens (tertiary/aromatic N) is 2. The summed E-state index contributed by atoms with van der Waals surface area (Å²) in [5.41, 5.74) is 8.19. The standard InChI is InChI=1S/C10H8N4O/c11-9(15)7-5-13-14-8-3-1-2-6(8)4-12-10(7)14/h1-5,13H,(H2,11,15). The molecule has 0 radical (unpaired) electrons. The van der Waals surface area contributed by atoms with E-state index in [1.807, 2.05) is 18.2 Å². The molecule has 1 amide bonds. The highest BCUT2D eigenvalue weighted by molar-refractivity contribution is 5.98. The molecule has 1 aromatic heterocycles. The van der Waals surface area contributed by atoms with Crippen molar-refractivity contribution in [3.8, 4) is 11.3 Å². The third-order valence-corrected chi connectivity index (χ3v) is 2.45. The minimum absolute atomic E-state index is 0.401. The Balaban J connectivity index is 2.46. The van der Waals surface area contributed by atoms with Crippen molar-refractivity contribution in [3.63, 3.8) is 0 Å². The summed E-state index contributed by atoms with van der Waals surface area (Å²) in [6.45, 7) is 0. The Morgan fingerprint density at radius 1 is 1.47 bits per heavy atom. The predicted octanol–water partition coefficient (Wildman–Crippen LogP) is 0.866. The van der Waals surface area contributed by atoms with Crippen molar-refractivity contribution >= 4 is 11.6 Å². The number of rotatable bonds is 1. The van der Waals surface area contributed by atoms with Crippen LogP contribution in [0.15, 0.2) is 30.6 Å². The number of aromatic nitrogens is 3. The number of nitrogens with two attached hydrogens (primary N) is 1. The maximum Gasteiger partial charge on any atom is 0.254 e. The maximum absolute atomic E-state index is 11.1. The zero-order valence-electron chi connectivity index (χ0n) is 7.77. The second-order valence-corrected chi connectivity index (χ2v) is 3.33. The minimum Gasteiger partial charge on any atom is -0.365 e. The number of aromatic amines is 1. The van der Waals surface area contributed by atoms with Crippen molar-refractivity contribution in [2.24, 2.45) is 5.73 Å².